The maximum atomic E-state index is 14.0. The van der Waals surface area contributed by atoms with Crippen molar-refractivity contribution in [2.45, 2.75) is 102 Å². The van der Waals surface area contributed by atoms with Gasteiger partial charge >= 0.3 is 0 Å². The van der Waals surface area contributed by atoms with E-state index in [-0.39, 0.29) is 18.3 Å². The van der Waals surface area contributed by atoms with Gasteiger partial charge in [-0.05, 0) is 57.2 Å². The molecular formula is C37H55N5O7SSi. The first kappa shape index (κ1) is 39.2. The first-order chi connectivity index (χ1) is 24.1. The zero-order valence-corrected chi connectivity index (χ0v) is 33.5. The standard InChI is InChI=1S/C37H55N5O7SSi/c1-36(2,3)50(44)41(5)29(13-11-10-12-16-37(48-19-20-49-37)35-38-17-18-47-35)34-39-25-31(42(34)26-46-21-22-51(7,8)9)28-23-27-14-15-33(43)40(4)30(27)24-32(28)45-6/h14-15,17-18,23-25,29H,10-13,16,19-22,26H2,1-9H3. The first-order valence-electron chi connectivity index (χ1n) is 17.8. The van der Waals surface area contributed by atoms with Gasteiger partial charge in [0.1, 0.15) is 35.4 Å². The van der Waals surface area contributed by atoms with Gasteiger partial charge in [0.25, 0.3) is 11.4 Å². The second kappa shape index (κ2) is 16.4. The van der Waals surface area contributed by atoms with Crippen LogP contribution < -0.4 is 10.3 Å². The second-order valence-corrected chi connectivity index (χ2v) is 23.3. The molecule has 14 heteroatoms. The molecular weight excluding hydrogens is 687 g/mol. The number of aryl methyl sites for hydroxylation is 1. The molecule has 0 N–H and O–H groups in total. The number of ether oxygens (including phenoxy) is 4. The Bertz CT molecular complexity index is 1790. The van der Waals surface area contributed by atoms with E-state index in [1.54, 1.807) is 37.3 Å². The van der Waals surface area contributed by atoms with Crippen LogP contribution in [-0.4, -0.2) is 74.8 Å². The molecule has 0 radical (unpaired) electrons. The number of benzene rings is 1. The zero-order valence-electron chi connectivity index (χ0n) is 31.7. The lowest BCUT2D eigenvalue weighted by Gasteiger charge is -2.35. The lowest BCUT2D eigenvalue weighted by Crippen LogP contribution is -2.43. The number of imidazole rings is 1. The number of pyridine rings is 1. The number of oxazole rings is 1. The van der Waals surface area contributed by atoms with Crippen molar-refractivity contribution < 1.29 is 27.9 Å². The fourth-order valence-electron chi connectivity index (χ4n) is 6.45. The molecule has 4 aromatic rings. The Hall–Kier alpha value is -2.98. The fourth-order valence-corrected chi connectivity index (χ4v) is 8.50. The Morgan fingerprint density at radius 3 is 2.51 bits per heavy atom. The van der Waals surface area contributed by atoms with Gasteiger partial charge in [-0.1, -0.05) is 32.5 Å². The van der Waals surface area contributed by atoms with Crippen molar-refractivity contribution in [1.82, 2.24) is 23.4 Å². The molecule has 51 heavy (non-hydrogen) atoms. The number of fused-ring (bicyclic) bond motifs is 1. The van der Waals surface area contributed by atoms with E-state index < -0.39 is 30.0 Å². The highest BCUT2D eigenvalue weighted by molar-refractivity contribution is 7.90. The van der Waals surface area contributed by atoms with E-state index in [9.17, 15) is 9.35 Å². The van der Waals surface area contributed by atoms with E-state index in [1.807, 2.05) is 56.5 Å². The molecule has 1 fully saturated rings. The SMILES string of the molecule is COc1cc2c(ccc(=O)n2C)cc1-c1cnc(C(CCCCCC2(c3ncco3)OCCO2)N(C)[S+]([O-])C(C)(C)C)n1COCC[Si](C)(C)C. The summed E-state index contributed by atoms with van der Waals surface area (Å²) in [6, 6.07) is 8.10. The van der Waals surface area contributed by atoms with Gasteiger partial charge in [0.05, 0.1) is 43.9 Å². The Kier molecular flexibility index (Phi) is 12.6. The van der Waals surface area contributed by atoms with Crippen LogP contribution >= 0.6 is 0 Å². The molecule has 1 saturated heterocycles. The fraction of sp³-hybridized carbons (Fsp3) is 0.595. The average Bonchev–Trinajstić information content (AvgIpc) is 3.87. The van der Waals surface area contributed by atoms with Crippen molar-refractivity contribution in [2.75, 3.05) is 34.0 Å². The van der Waals surface area contributed by atoms with Gasteiger partial charge in [0, 0.05) is 64.3 Å². The zero-order chi connectivity index (χ0) is 37.0. The smallest absolute Gasteiger partial charge is 0.255 e. The minimum absolute atomic E-state index is 0.0887. The molecule has 0 amide bonds. The average molecular weight is 742 g/mol. The summed E-state index contributed by atoms with van der Waals surface area (Å²) in [4.78, 5) is 21.8. The summed E-state index contributed by atoms with van der Waals surface area (Å²) in [6.07, 6.45) is 8.92. The monoisotopic (exact) mass is 741 g/mol. The lowest BCUT2D eigenvalue weighted by molar-refractivity contribution is -0.187. The molecule has 0 aliphatic carbocycles. The van der Waals surface area contributed by atoms with E-state index in [0.717, 1.165) is 53.3 Å². The Morgan fingerprint density at radius 2 is 1.86 bits per heavy atom. The van der Waals surface area contributed by atoms with Crippen LogP contribution in [0.25, 0.3) is 22.2 Å². The first-order valence-corrected chi connectivity index (χ1v) is 22.6. The highest BCUT2D eigenvalue weighted by Crippen LogP contribution is 2.39. The number of unbranched alkanes of at least 4 members (excludes halogenated alkanes) is 2. The highest BCUT2D eigenvalue weighted by atomic mass is 32.2. The Labute approximate surface area is 305 Å². The lowest BCUT2D eigenvalue weighted by atomic mass is 10.0. The van der Waals surface area contributed by atoms with E-state index in [2.05, 4.69) is 29.2 Å². The Balaban J connectivity index is 1.48. The van der Waals surface area contributed by atoms with Gasteiger partial charge in [-0.15, -0.1) is 4.31 Å². The van der Waals surface area contributed by atoms with Gasteiger partial charge in [-0.2, -0.15) is 0 Å². The summed E-state index contributed by atoms with van der Waals surface area (Å²) in [5.74, 6) is 0.905. The number of methoxy groups -OCH3 is 1. The molecule has 1 aromatic carbocycles. The molecule has 1 aliphatic rings. The number of hydrogen-bond acceptors (Lipinski definition) is 10. The Morgan fingerprint density at radius 1 is 1.12 bits per heavy atom. The molecule has 2 unspecified atom stereocenters. The van der Waals surface area contributed by atoms with Gasteiger partial charge < -0.3 is 37.1 Å². The van der Waals surface area contributed by atoms with Gasteiger partial charge in [-0.25, -0.2) is 9.97 Å². The molecule has 280 valence electrons. The number of rotatable bonds is 17. The van der Waals surface area contributed by atoms with Crippen LogP contribution in [0.1, 0.15) is 70.6 Å². The van der Waals surface area contributed by atoms with Gasteiger partial charge in [-0.3, -0.25) is 4.79 Å². The van der Waals surface area contributed by atoms with E-state index in [4.69, 9.17) is 28.3 Å². The van der Waals surface area contributed by atoms with Crippen LogP contribution in [0.5, 0.6) is 5.75 Å². The summed E-state index contributed by atoms with van der Waals surface area (Å²) in [7, 11) is 3.98. The third kappa shape index (κ3) is 9.16. The van der Waals surface area contributed by atoms with Crippen molar-refractivity contribution in [1.29, 1.82) is 0 Å². The normalized spacial score (nSPS) is 16.3. The second-order valence-electron chi connectivity index (χ2n) is 15.4. The van der Waals surface area contributed by atoms with Crippen LogP contribution in [0.4, 0.5) is 0 Å². The predicted octanol–water partition coefficient (Wildman–Crippen LogP) is 7.00. The number of aromatic nitrogens is 4. The maximum absolute atomic E-state index is 14.0. The van der Waals surface area contributed by atoms with Crippen molar-refractivity contribution in [2.24, 2.45) is 7.05 Å². The number of hydrogen-bond donors (Lipinski definition) is 0. The maximum Gasteiger partial charge on any atom is 0.255 e. The van der Waals surface area contributed by atoms with Crippen LogP contribution in [0.3, 0.4) is 0 Å². The minimum Gasteiger partial charge on any atom is -0.597 e. The summed E-state index contributed by atoms with van der Waals surface area (Å²) >= 11 is -1.31. The molecule has 1 aliphatic heterocycles. The molecule has 4 heterocycles. The van der Waals surface area contributed by atoms with Crippen LogP contribution in [0.15, 0.2) is 52.1 Å². The molecule has 12 nitrogen and oxygen atoms in total. The molecule has 2 atom stereocenters. The van der Waals surface area contributed by atoms with Crippen molar-refractivity contribution >= 4 is 30.3 Å². The molecule has 0 bridgehead atoms. The molecule has 0 spiro atoms. The minimum atomic E-state index is -1.33. The van der Waals surface area contributed by atoms with Gasteiger partial charge in [0.15, 0.2) is 0 Å². The summed E-state index contributed by atoms with van der Waals surface area (Å²) in [5.41, 5.74) is 2.35. The predicted molar refractivity (Wildman–Crippen MR) is 203 cm³/mol. The van der Waals surface area contributed by atoms with Gasteiger partial charge in [0.2, 0.25) is 5.79 Å². The largest absolute Gasteiger partial charge is 0.597 e. The summed E-state index contributed by atoms with van der Waals surface area (Å²) in [6.45, 7) is 14.9. The van der Waals surface area contributed by atoms with E-state index in [1.165, 1.54) is 0 Å². The summed E-state index contributed by atoms with van der Waals surface area (Å²) in [5, 5.41) is 0.905. The van der Waals surface area contributed by atoms with Crippen LogP contribution in [-0.2, 0) is 45.1 Å². The third-order valence-corrected chi connectivity index (χ3v) is 12.9. The van der Waals surface area contributed by atoms with Crippen LogP contribution in [0, 0.1) is 0 Å². The van der Waals surface area contributed by atoms with E-state index in [0.29, 0.717) is 44.3 Å². The quantitative estimate of drug-likeness (QED) is 0.0634. The van der Waals surface area contributed by atoms with Crippen molar-refractivity contribution in [3.8, 4) is 17.0 Å². The molecule has 5 rings (SSSR count). The molecule has 3 aromatic heterocycles. The third-order valence-electron chi connectivity index (χ3n) is 9.34. The van der Waals surface area contributed by atoms with E-state index >= 15 is 0 Å². The topological polar surface area (TPSA) is 129 Å². The van der Waals surface area contributed by atoms with Crippen molar-refractivity contribution in [3.05, 3.63) is 65.0 Å². The van der Waals surface area contributed by atoms with Crippen LogP contribution in [0.2, 0.25) is 25.7 Å². The van der Waals surface area contributed by atoms with Crippen molar-refractivity contribution in [3.63, 3.8) is 0 Å². The summed E-state index contributed by atoms with van der Waals surface area (Å²) < 4.78 is 49.0. The molecule has 0 saturated carbocycles. The number of nitrogens with zero attached hydrogens (tertiary/aromatic N) is 5. The highest BCUT2D eigenvalue weighted by Gasteiger charge is 2.43.